The molecule has 0 amide bonds. The van der Waals surface area contributed by atoms with E-state index in [2.05, 4.69) is 35.0 Å². The average Bonchev–Trinajstić information content (AvgIpc) is 2.23. The molecule has 1 aromatic rings. The number of hydrogen-bond acceptors (Lipinski definition) is 1. The number of benzene rings is 1. The van der Waals surface area contributed by atoms with E-state index in [4.69, 9.17) is 4.74 Å². The van der Waals surface area contributed by atoms with E-state index in [0.29, 0.717) is 0 Å². The van der Waals surface area contributed by atoms with Crippen molar-refractivity contribution in [3.05, 3.63) is 28.2 Å². The molecule has 0 fully saturated rings. The topological polar surface area (TPSA) is 9.23 Å². The van der Waals surface area contributed by atoms with Crippen LogP contribution < -0.4 is 4.74 Å². The van der Waals surface area contributed by atoms with Gasteiger partial charge in [0.1, 0.15) is 5.75 Å². The maximum absolute atomic E-state index is 5.23. The van der Waals surface area contributed by atoms with Crippen LogP contribution in [0.25, 0.3) is 0 Å². The zero-order chi connectivity index (χ0) is 11.1. The third-order valence-electron chi connectivity index (χ3n) is 2.49. The minimum Gasteiger partial charge on any atom is -0.497 e. The normalized spacial score (nSPS) is 10.3. The highest BCUT2D eigenvalue weighted by molar-refractivity contribution is 9.10. The van der Waals surface area contributed by atoms with Crippen LogP contribution in [0.1, 0.15) is 38.2 Å². The Morgan fingerprint density at radius 1 is 1.13 bits per heavy atom. The van der Waals surface area contributed by atoms with E-state index >= 15 is 0 Å². The molecule has 2 heteroatoms. The Kier molecular flexibility index (Phi) is 5.77. The Balaban J connectivity index is 2.49. The maximum Gasteiger partial charge on any atom is 0.120 e. The summed E-state index contributed by atoms with van der Waals surface area (Å²) in [5, 5.41) is 0. The van der Waals surface area contributed by atoms with E-state index in [-0.39, 0.29) is 0 Å². The van der Waals surface area contributed by atoms with Crippen molar-refractivity contribution in [2.75, 3.05) is 7.11 Å². The number of aryl methyl sites for hydroxylation is 1. The highest BCUT2D eigenvalue weighted by Gasteiger charge is 1.99. The summed E-state index contributed by atoms with van der Waals surface area (Å²) in [6, 6.07) is 6.29. The van der Waals surface area contributed by atoms with Crippen LogP contribution in [-0.4, -0.2) is 7.11 Å². The van der Waals surface area contributed by atoms with Crippen molar-refractivity contribution in [1.82, 2.24) is 0 Å². The summed E-state index contributed by atoms with van der Waals surface area (Å²) in [6.07, 6.45) is 6.38. The van der Waals surface area contributed by atoms with Gasteiger partial charge in [-0.25, -0.2) is 0 Å². The van der Waals surface area contributed by atoms with Crippen LogP contribution in [0, 0.1) is 0 Å². The van der Waals surface area contributed by atoms with Gasteiger partial charge in [-0.3, -0.25) is 0 Å². The molecule has 0 spiro atoms. The van der Waals surface area contributed by atoms with Crippen LogP contribution in [-0.2, 0) is 6.42 Å². The van der Waals surface area contributed by atoms with E-state index in [1.54, 1.807) is 7.11 Å². The maximum atomic E-state index is 5.23. The Morgan fingerprint density at radius 2 is 1.93 bits per heavy atom. The number of halogens is 1. The molecular formula is C13H19BrO. The van der Waals surface area contributed by atoms with Crippen molar-refractivity contribution in [2.24, 2.45) is 0 Å². The first-order valence-electron chi connectivity index (χ1n) is 5.59. The van der Waals surface area contributed by atoms with Crippen LogP contribution in [0.2, 0.25) is 0 Å². The SMILES string of the molecule is CCCCCCc1cc(Br)cc(OC)c1. The van der Waals surface area contributed by atoms with Gasteiger partial charge in [-0.15, -0.1) is 0 Å². The third kappa shape index (κ3) is 4.70. The van der Waals surface area contributed by atoms with Gasteiger partial charge in [0, 0.05) is 4.47 Å². The summed E-state index contributed by atoms with van der Waals surface area (Å²) in [5.41, 5.74) is 1.36. The fourth-order valence-electron chi connectivity index (χ4n) is 1.64. The quantitative estimate of drug-likeness (QED) is 0.688. The van der Waals surface area contributed by atoms with Crippen molar-refractivity contribution in [1.29, 1.82) is 0 Å². The summed E-state index contributed by atoms with van der Waals surface area (Å²) in [4.78, 5) is 0. The highest BCUT2D eigenvalue weighted by Crippen LogP contribution is 2.22. The lowest BCUT2D eigenvalue weighted by Crippen LogP contribution is -1.89. The average molecular weight is 271 g/mol. The fraction of sp³-hybridized carbons (Fsp3) is 0.538. The van der Waals surface area contributed by atoms with Crippen LogP contribution in [0.3, 0.4) is 0 Å². The summed E-state index contributed by atoms with van der Waals surface area (Å²) in [6.45, 7) is 2.24. The molecule has 0 radical (unpaired) electrons. The van der Waals surface area contributed by atoms with Gasteiger partial charge in [-0.2, -0.15) is 0 Å². The zero-order valence-corrected chi connectivity index (χ0v) is 11.1. The van der Waals surface area contributed by atoms with Gasteiger partial charge in [0.25, 0.3) is 0 Å². The number of hydrogen-bond donors (Lipinski definition) is 0. The summed E-state index contributed by atoms with van der Waals surface area (Å²) in [7, 11) is 1.71. The molecule has 1 aromatic carbocycles. The first-order valence-corrected chi connectivity index (χ1v) is 6.39. The molecular weight excluding hydrogens is 252 g/mol. The molecule has 0 saturated carbocycles. The van der Waals surface area contributed by atoms with Gasteiger partial charge in [0.05, 0.1) is 7.11 Å². The summed E-state index contributed by atoms with van der Waals surface area (Å²) < 4.78 is 6.34. The lowest BCUT2D eigenvalue weighted by molar-refractivity contribution is 0.414. The molecule has 1 nitrogen and oxygen atoms in total. The molecule has 0 saturated heterocycles. The van der Waals surface area contributed by atoms with E-state index in [1.807, 2.05) is 6.07 Å². The monoisotopic (exact) mass is 270 g/mol. The lowest BCUT2D eigenvalue weighted by Gasteiger charge is -2.05. The summed E-state index contributed by atoms with van der Waals surface area (Å²) >= 11 is 3.50. The first kappa shape index (κ1) is 12.6. The smallest absolute Gasteiger partial charge is 0.120 e. The first-order chi connectivity index (χ1) is 7.26. The highest BCUT2D eigenvalue weighted by atomic mass is 79.9. The molecule has 84 valence electrons. The van der Waals surface area contributed by atoms with Crippen molar-refractivity contribution in [2.45, 2.75) is 39.0 Å². The standard InChI is InChI=1S/C13H19BrO/c1-3-4-5-6-7-11-8-12(14)10-13(9-11)15-2/h8-10H,3-7H2,1-2H3. The molecule has 0 heterocycles. The minimum absolute atomic E-state index is 0.940. The Labute approximate surface area is 101 Å². The minimum atomic E-state index is 0.940. The van der Waals surface area contributed by atoms with Crippen molar-refractivity contribution in [3.8, 4) is 5.75 Å². The van der Waals surface area contributed by atoms with Crippen molar-refractivity contribution < 1.29 is 4.74 Å². The van der Waals surface area contributed by atoms with Gasteiger partial charge in [0.2, 0.25) is 0 Å². The van der Waals surface area contributed by atoms with Crippen LogP contribution >= 0.6 is 15.9 Å². The molecule has 0 aliphatic rings. The molecule has 0 N–H and O–H groups in total. The molecule has 1 rings (SSSR count). The van der Waals surface area contributed by atoms with E-state index < -0.39 is 0 Å². The van der Waals surface area contributed by atoms with Crippen LogP contribution in [0.5, 0.6) is 5.75 Å². The van der Waals surface area contributed by atoms with E-state index in [1.165, 1.54) is 31.2 Å². The number of methoxy groups -OCH3 is 1. The number of unbranched alkanes of at least 4 members (excludes halogenated alkanes) is 3. The van der Waals surface area contributed by atoms with Gasteiger partial charge in [-0.05, 0) is 36.6 Å². The van der Waals surface area contributed by atoms with E-state index in [0.717, 1.165) is 16.6 Å². The summed E-state index contributed by atoms with van der Waals surface area (Å²) in [5.74, 6) is 0.940. The second-order valence-electron chi connectivity index (χ2n) is 3.81. The largest absolute Gasteiger partial charge is 0.497 e. The van der Waals surface area contributed by atoms with E-state index in [9.17, 15) is 0 Å². The third-order valence-corrected chi connectivity index (χ3v) is 2.94. The second kappa shape index (κ2) is 6.89. The number of rotatable bonds is 6. The van der Waals surface area contributed by atoms with Gasteiger partial charge in [0.15, 0.2) is 0 Å². The molecule has 0 unspecified atom stereocenters. The molecule has 0 aliphatic heterocycles. The Bertz CT molecular complexity index is 297. The van der Waals surface area contributed by atoms with Gasteiger partial charge >= 0.3 is 0 Å². The molecule has 0 aliphatic carbocycles. The van der Waals surface area contributed by atoms with Crippen molar-refractivity contribution >= 4 is 15.9 Å². The molecule has 15 heavy (non-hydrogen) atoms. The Morgan fingerprint density at radius 3 is 2.60 bits per heavy atom. The molecule has 0 aromatic heterocycles. The Hall–Kier alpha value is -0.500. The predicted octanol–water partition coefficient (Wildman–Crippen LogP) is 4.58. The fourth-order valence-corrected chi connectivity index (χ4v) is 2.16. The second-order valence-corrected chi connectivity index (χ2v) is 4.73. The van der Waals surface area contributed by atoms with Gasteiger partial charge < -0.3 is 4.74 Å². The zero-order valence-electron chi connectivity index (χ0n) is 9.55. The molecule has 0 atom stereocenters. The molecule has 0 bridgehead atoms. The number of ether oxygens (including phenoxy) is 1. The van der Waals surface area contributed by atoms with Crippen LogP contribution in [0.4, 0.5) is 0 Å². The predicted molar refractivity (Wildman–Crippen MR) is 68.5 cm³/mol. The van der Waals surface area contributed by atoms with Crippen LogP contribution in [0.15, 0.2) is 22.7 Å². The van der Waals surface area contributed by atoms with Gasteiger partial charge in [-0.1, -0.05) is 42.1 Å². The van der Waals surface area contributed by atoms with Crippen molar-refractivity contribution in [3.63, 3.8) is 0 Å². The lowest BCUT2D eigenvalue weighted by atomic mass is 10.1.